The number of pyridine rings is 1. The Bertz CT molecular complexity index is 779. The van der Waals surface area contributed by atoms with Crippen molar-refractivity contribution in [3.8, 4) is 0 Å². The van der Waals surface area contributed by atoms with Gasteiger partial charge in [0.05, 0.1) is 24.1 Å². The van der Waals surface area contributed by atoms with Crippen LogP contribution in [-0.4, -0.2) is 50.3 Å². The van der Waals surface area contributed by atoms with Crippen LogP contribution >= 0.6 is 0 Å². The molecule has 27 heavy (non-hydrogen) atoms. The van der Waals surface area contributed by atoms with E-state index in [9.17, 15) is 4.79 Å². The van der Waals surface area contributed by atoms with Gasteiger partial charge in [0.2, 0.25) is 5.91 Å². The highest BCUT2D eigenvalue weighted by Crippen LogP contribution is 2.39. The maximum absolute atomic E-state index is 12.5. The van der Waals surface area contributed by atoms with Gasteiger partial charge in [0.1, 0.15) is 0 Å². The van der Waals surface area contributed by atoms with E-state index in [-0.39, 0.29) is 11.3 Å². The van der Waals surface area contributed by atoms with Crippen LogP contribution in [0.4, 0.5) is 0 Å². The van der Waals surface area contributed by atoms with Crippen LogP contribution in [0.25, 0.3) is 0 Å². The molecule has 0 radical (unpaired) electrons. The second-order valence-corrected chi connectivity index (χ2v) is 8.07. The summed E-state index contributed by atoms with van der Waals surface area (Å²) in [5.74, 6) is 0.243. The Labute approximate surface area is 160 Å². The Hall–Kier alpha value is -2.34. The van der Waals surface area contributed by atoms with Crippen LogP contribution in [-0.2, 0) is 17.9 Å². The van der Waals surface area contributed by atoms with Crippen molar-refractivity contribution in [2.24, 2.45) is 5.41 Å². The van der Waals surface area contributed by atoms with Gasteiger partial charge in [-0.25, -0.2) is 0 Å². The molecule has 6 nitrogen and oxygen atoms in total. The van der Waals surface area contributed by atoms with Gasteiger partial charge in [-0.1, -0.05) is 6.07 Å². The fourth-order valence-corrected chi connectivity index (χ4v) is 4.47. The minimum Gasteiger partial charge on any atom is -0.336 e. The number of likely N-dealkylation sites (tertiary alicyclic amines) is 2. The molecule has 0 unspecified atom stereocenters. The highest BCUT2D eigenvalue weighted by atomic mass is 16.2. The van der Waals surface area contributed by atoms with Crippen LogP contribution < -0.4 is 0 Å². The third kappa shape index (κ3) is 4.33. The molecule has 2 aliphatic heterocycles. The lowest BCUT2D eigenvalue weighted by molar-refractivity contribution is -0.140. The molecule has 0 aliphatic carbocycles. The third-order valence-corrected chi connectivity index (χ3v) is 5.80. The van der Waals surface area contributed by atoms with Gasteiger partial charge >= 0.3 is 0 Å². The Morgan fingerprint density at radius 1 is 1.11 bits per heavy atom. The number of carbonyl (C=O) groups excluding carboxylic acids is 1. The van der Waals surface area contributed by atoms with Crippen LogP contribution in [0.2, 0.25) is 0 Å². The number of amides is 1. The number of aryl methyl sites for hydroxylation is 1. The molecule has 2 saturated heterocycles. The molecule has 4 rings (SSSR count). The zero-order chi connectivity index (χ0) is 18.7. The first kappa shape index (κ1) is 18.0. The van der Waals surface area contributed by atoms with Gasteiger partial charge in [0.15, 0.2) is 0 Å². The molecule has 0 aromatic carbocycles. The van der Waals surface area contributed by atoms with E-state index < -0.39 is 0 Å². The summed E-state index contributed by atoms with van der Waals surface area (Å²) in [4.78, 5) is 30.0. The van der Waals surface area contributed by atoms with Crippen LogP contribution in [0.3, 0.4) is 0 Å². The van der Waals surface area contributed by atoms with E-state index in [4.69, 9.17) is 0 Å². The van der Waals surface area contributed by atoms with E-state index in [1.807, 2.05) is 30.3 Å². The molecule has 2 aliphatic rings. The second-order valence-electron chi connectivity index (χ2n) is 8.07. The van der Waals surface area contributed by atoms with Crippen molar-refractivity contribution in [1.29, 1.82) is 0 Å². The predicted octanol–water partition coefficient (Wildman–Crippen LogP) is 2.58. The molecule has 0 saturated carbocycles. The lowest BCUT2D eigenvalue weighted by atomic mass is 9.73. The van der Waals surface area contributed by atoms with Crippen molar-refractivity contribution in [3.63, 3.8) is 0 Å². The average molecular weight is 365 g/mol. The van der Waals surface area contributed by atoms with Crippen LogP contribution in [0.1, 0.15) is 42.6 Å². The summed E-state index contributed by atoms with van der Waals surface area (Å²) in [7, 11) is 0. The summed E-state index contributed by atoms with van der Waals surface area (Å²) in [6.07, 6.45) is 11.3. The lowest BCUT2D eigenvalue weighted by Gasteiger charge is -2.48. The monoisotopic (exact) mass is 365 g/mol. The molecular formula is C21H27N5O. The minimum atomic E-state index is 0.201. The number of piperidine rings is 2. The first-order chi connectivity index (χ1) is 13.1. The minimum absolute atomic E-state index is 0.201. The normalized spacial score (nSPS) is 23.7. The molecule has 4 heterocycles. The molecule has 2 fully saturated rings. The van der Waals surface area contributed by atoms with E-state index in [1.54, 1.807) is 12.4 Å². The number of hydrogen-bond acceptors (Lipinski definition) is 5. The second kappa shape index (κ2) is 7.72. The maximum atomic E-state index is 12.5. The molecule has 0 bridgehead atoms. The van der Waals surface area contributed by atoms with Crippen molar-refractivity contribution in [2.75, 3.05) is 19.6 Å². The molecule has 1 atom stereocenters. The Kier molecular flexibility index (Phi) is 5.16. The summed E-state index contributed by atoms with van der Waals surface area (Å²) in [6, 6.07) is 4.14. The van der Waals surface area contributed by atoms with Gasteiger partial charge in [0, 0.05) is 50.1 Å². The first-order valence-electron chi connectivity index (χ1n) is 9.79. The highest BCUT2D eigenvalue weighted by Gasteiger charge is 2.41. The van der Waals surface area contributed by atoms with Gasteiger partial charge in [-0.3, -0.25) is 24.6 Å². The van der Waals surface area contributed by atoms with Crippen LogP contribution in [0.5, 0.6) is 0 Å². The number of carbonyl (C=O) groups is 1. The van der Waals surface area contributed by atoms with Gasteiger partial charge in [0.25, 0.3) is 0 Å². The Balaban J connectivity index is 1.43. The number of hydrogen-bond donors (Lipinski definition) is 0. The number of aromatic nitrogens is 3. The predicted molar refractivity (Wildman–Crippen MR) is 103 cm³/mol. The molecule has 0 N–H and O–H groups in total. The van der Waals surface area contributed by atoms with Crippen molar-refractivity contribution < 1.29 is 4.79 Å². The van der Waals surface area contributed by atoms with Crippen molar-refractivity contribution >= 4 is 5.91 Å². The fourth-order valence-electron chi connectivity index (χ4n) is 4.47. The zero-order valence-corrected chi connectivity index (χ0v) is 16.0. The standard InChI is InChI=1S/C21H27N5O/c1-17-10-24-19(12-23-17)14-26-16-21(7-5-20(26)27)6-3-9-25(15-21)13-18-4-2-8-22-11-18/h2,4,8,10-12H,3,5-7,9,13-16H2,1H3/t21-/m0/s1. The van der Waals surface area contributed by atoms with Crippen molar-refractivity contribution in [1.82, 2.24) is 24.8 Å². The third-order valence-electron chi connectivity index (χ3n) is 5.80. The van der Waals surface area contributed by atoms with E-state index in [0.717, 1.165) is 44.0 Å². The molecule has 2 aromatic heterocycles. The van der Waals surface area contributed by atoms with Crippen molar-refractivity contribution in [3.05, 3.63) is 53.9 Å². The van der Waals surface area contributed by atoms with Gasteiger partial charge in [-0.05, 0) is 44.4 Å². The van der Waals surface area contributed by atoms with Gasteiger partial charge < -0.3 is 4.90 Å². The largest absolute Gasteiger partial charge is 0.336 e. The quantitative estimate of drug-likeness (QED) is 0.833. The maximum Gasteiger partial charge on any atom is 0.222 e. The zero-order valence-electron chi connectivity index (χ0n) is 16.0. The van der Waals surface area contributed by atoms with Crippen LogP contribution in [0.15, 0.2) is 36.9 Å². The summed E-state index contributed by atoms with van der Waals surface area (Å²) in [5, 5.41) is 0. The Morgan fingerprint density at radius 3 is 2.81 bits per heavy atom. The van der Waals surface area contributed by atoms with Crippen LogP contribution in [0, 0.1) is 12.3 Å². The van der Waals surface area contributed by atoms with E-state index >= 15 is 0 Å². The SMILES string of the molecule is Cc1cnc(CN2C[C@@]3(CCCN(Cc4cccnc4)C3)CCC2=O)cn1. The topological polar surface area (TPSA) is 62.2 Å². The summed E-state index contributed by atoms with van der Waals surface area (Å²) in [6.45, 7) is 6.42. The van der Waals surface area contributed by atoms with Gasteiger partial charge in [-0.15, -0.1) is 0 Å². The molecule has 142 valence electrons. The number of nitrogens with zero attached hydrogens (tertiary/aromatic N) is 5. The molecule has 2 aromatic rings. The summed E-state index contributed by atoms with van der Waals surface area (Å²) >= 11 is 0. The van der Waals surface area contributed by atoms with E-state index in [1.165, 1.54) is 18.4 Å². The summed E-state index contributed by atoms with van der Waals surface area (Å²) in [5.41, 5.74) is 3.23. The highest BCUT2D eigenvalue weighted by molar-refractivity contribution is 5.77. The van der Waals surface area contributed by atoms with Gasteiger partial charge in [-0.2, -0.15) is 0 Å². The number of rotatable bonds is 4. The van der Waals surface area contributed by atoms with E-state index in [0.29, 0.717) is 13.0 Å². The molecular weight excluding hydrogens is 338 g/mol. The summed E-state index contributed by atoms with van der Waals surface area (Å²) < 4.78 is 0. The van der Waals surface area contributed by atoms with Crippen molar-refractivity contribution in [2.45, 2.75) is 45.7 Å². The smallest absolute Gasteiger partial charge is 0.222 e. The molecule has 1 amide bonds. The fraction of sp³-hybridized carbons (Fsp3) is 0.524. The Morgan fingerprint density at radius 2 is 2.04 bits per heavy atom. The van der Waals surface area contributed by atoms with E-state index in [2.05, 4.69) is 25.9 Å². The molecule has 6 heteroatoms. The average Bonchev–Trinajstić information content (AvgIpc) is 2.68. The molecule has 1 spiro atoms. The lowest BCUT2D eigenvalue weighted by Crippen LogP contribution is -2.53. The first-order valence-corrected chi connectivity index (χ1v) is 9.79.